The van der Waals surface area contributed by atoms with Gasteiger partial charge in [-0.25, -0.2) is 9.97 Å². The monoisotopic (exact) mass is 426 g/mol. The molecule has 0 spiro atoms. The molecular weight excluding hydrogens is 404 g/mol. The molecule has 1 aromatic carbocycles. The van der Waals surface area contributed by atoms with Crippen LogP contribution in [0, 0.1) is 0 Å². The molecule has 3 aromatic rings. The normalized spacial score (nSPS) is 13.1. The average Bonchev–Trinajstić information content (AvgIpc) is 3.01. The summed E-state index contributed by atoms with van der Waals surface area (Å²) in [4.78, 5) is 10.8. The number of alkyl halides is 3. The molecule has 10 heteroatoms. The van der Waals surface area contributed by atoms with Crippen LogP contribution in [0.15, 0.2) is 30.6 Å². The number of nitrogens with zero attached hydrogens (tertiary/aromatic N) is 2. The molecule has 0 radical (unpaired) electrons. The molecule has 0 aliphatic rings. The number of fused-ring (bicyclic) bond motifs is 1. The zero-order valence-corrected chi connectivity index (χ0v) is 17.3. The Hall–Kier alpha value is -2.38. The van der Waals surface area contributed by atoms with Gasteiger partial charge >= 0.3 is 6.18 Å². The fourth-order valence-electron chi connectivity index (χ4n) is 2.96. The third-order valence-corrected chi connectivity index (χ3v) is 5.84. The molecule has 0 atom stereocenters. The molecule has 156 valence electrons. The molecule has 6 nitrogen and oxygen atoms in total. The maximum atomic E-state index is 13.6. The van der Waals surface area contributed by atoms with Crippen molar-refractivity contribution in [2.24, 2.45) is 0 Å². The number of aromatic amines is 1. The molecule has 0 aliphatic heterocycles. The lowest BCUT2D eigenvalue weighted by molar-refractivity contribution is -0.137. The van der Waals surface area contributed by atoms with E-state index in [-0.39, 0.29) is 23.8 Å². The predicted octanol–water partition coefficient (Wildman–Crippen LogP) is 4.07. The molecule has 3 N–H and O–H groups in total. The molecule has 0 fully saturated rings. The van der Waals surface area contributed by atoms with Gasteiger partial charge in [-0.2, -0.15) is 13.2 Å². The summed E-state index contributed by atoms with van der Waals surface area (Å²) in [6.45, 7) is 6.38. The van der Waals surface area contributed by atoms with E-state index in [0.29, 0.717) is 16.2 Å². The van der Waals surface area contributed by atoms with E-state index in [1.807, 2.05) is 0 Å². The van der Waals surface area contributed by atoms with Gasteiger partial charge in [0.2, 0.25) is 5.95 Å². The Labute approximate surface area is 166 Å². The largest absolute Gasteiger partial charge is 0.419 e. The van der Waals surface area contributed by atoms with Crippen LogP contribution in [0.25, 0.3) is 22.2 Å². The van der Waals surface area contributed by atoms with Gasteiger partial charge < -0.3 is 20.0 Å². The summed E-state index contributed by atoms with van der Waals surface area (Å²) >= 11 is 0. The first kappa shape index (κ1) is 21.3. The number of aliphatic hydroxyl groups is 1. The summed E-state index contributed by atoms with van der Waals surface area (Å²) < 4.78 is 53.4. The van der Waals surface area contributed by atoms with Gasteiger partial charge in [0.15, 0.2) is 0 Å². The molecular formula is C19H22F3N4O2P. The van der Waals surface area contributed by atoms with Crippen molar-refractivity contribution in [1.82, 2.24) is 15.0 Å². The van der Waals surface area contributed by atoms with E-state index < -0.39 is 24.5 Å². The van der Waals surface area contributed by atoms with Gasteiger partial charge in [0.25, 0.3) is 0 Å². The van der Waals surface area contributed by atoms with Gasteiger partial charge in [0, 0.05) is 35.2 Å². The standard InChI is InChI=1S/C19H22F3N4O2P/c1-18(2,27)10-25-17-24-9-13(19(20,21)22)15(26-17)12-8-23-16-11(12)6-5-7-14(16)29(3,4)28/h5-9,23,27H,10H2,1-4H3,(H,24,25,26). The first-order valence-electron chi connectivity index (χ1n) is 8.84. The minimum Gasteiger partial charge on any atom is -0.389 e. The van der Waals surface area contributed by atoms with Gasteiger partial charge in [-0.15, -0.1) is 0 Å². The van der Waals surface area contributed by atoms with Gasteiger partial charge in [-0.1, -0.05) is 12.1 Å². The average molecular weight is 426 g/mol. The Bertz CT molecular complexity index is 1100. The lowest BCUT2D eigenvalue weighted by atomic mass is 10.1. The number of halogens is 3. The fraction of sp³-hybridized carbons (Fsp3) is 0.368. The number of aromatic nitrogens is 3. The lowest BCUT2D eigenvalue weighted by Gasteiger charge is -2.18. The molecule has 0 saturated heterocycles. The number of para-hydroxylation sites is 1. The summed E-state index contributed by atoms with van der Waals surface area (Å²) in [6, 6.07) is 5.02. The zero-order valence-electron chi connectivity index (χ0n) is 16.4. The zero-order chi connectivity index (χ0) is 21.6. The van der Waals surface area contributed by atoms with E-state index in [9.17, 15) is 22.8 Å². The van der Waals surface area contributed by atoms with Crippen molar-refractivity contribution in [3.05, 3.63) is 36.2 Å². The Morgan fingerprint density at radius 3 is 2.52 bits per heavy atom. The second-order valence-corrected chi connectivity index (χ2v) is 11.1. The second-order valence-electron chi connectivity index (χ2n) is 7.87. The maximum absolute atomic E-state index is 13.6. The summed E-state index contributed by atoms with van der Waals surface area (Å²) in [5.74, 6) is -0.0303. The third-order valence-electron chi connectivity index (χ3n) is 4.30. The lowest BCUT2D eigenvalue weighted by Crippen LogP contribution is -2.30. The van der Waals surface area contributed by atoms with Crippen LogP contribution in [-0.2, 0) is 10.7 Å². The van der Waals surface area contributed by atoms with Crippen LogP contribution in [0.1, 0.15) is 19.4 Å². The Balaban J connectivity index is 2.20. The highest BCUT2D eigenvalue weighted by Crippen LogP contribution is 2.41. The molecule has 0 bridgehead atoms. The molecule has 2 aromatic heterocycles. The number of nitrogens with one attached hydrogen (secondary N) is 2. The van der Waals surface area contributed by atoms with Crippen LogP contribution in [0.3, 0.4) is 0 Å². The summed E-state index contributed by atoms with van der Waals surface area (Å²) in [5.41, 5.74) is -1.61. The van der Waals surface area contributed by atoms with Gasteiger partial charge in [0.1, 0.15) is 12.7 Å². The first-order chi connectivity index (χ1) is 13.3. The van der Waals surface area contributed by atoms with Gasteiger partial charge in [0.05, 0.1) is 16.8 Å². The quantitative estimate of drug-likeness (QED) is 0.535. The van der Waals surface area contributed by atoms with Gasteiger partial charge in [-0.05, 0) is 33.2 Å². The van der Waals surface area contributed by atoms with Crippen LogP contribution < -0.4 is 10.6 Å². The molecule has 29 heavy (non-hydrogen) atoms. The SMILES string of the molecule is CC(C)(O)CNc1ncc(C(F)(F)F)c(-c2c[nH]c3c(P(C)(C)=O)cccc23)n1. The maximum Gasteiger partial charge on any atom is 0.419 e. The number of benzene rings is 1. The van der Waals surface area contributed by atoms with Crippen molar-refractivity contribution in [2.45, 2.75) is 25.6 Å². The summed E-state index contributed by atoms with van der Waals surface area (Å²) in [7, 11) is -2.65. The summed E-state index contributed by atoms with van der Waals surface area (Å²) in [6.07, 6.45) is -2.50. The molecule has 2 heterocycles. The topological polar surface area (TPSA) is 90.9 Å². The smallest absolute Gasteiger partial charge is 0.389 e. The molecule has 0 unspecified atom stereocenters. The van der Waals surface area contributed by atoms with Crippen molar-refractivity contribution in [2.75, 3.05) is 25.2 Å². The Morgan fingerprint density at radius 2 is 1.93 bits per heavy atom. The molecule has 0 saturated carbocycles. The highest BCUT2D eigenvalue weighted by molar-refractivity contribution is 7.70. The fourth-order valence-corrected chi connectivity index (χ4v) is 4.13. The van der Waals surface area contributed by atoms with E-state index >= 15 is 0 Å². The van der Waals surface area contributed by atoms with E-state index in [2.05, 4.69) is 20.3 Å². The number of hydrogen-bond acceptors (Lipinski definition) is 5. The Morgan fingerprint density at radius 1 is 1.24 bits per heavy atom. The molecule has 0 amide bonds. The van der Waals surface area contributed by atoms with Crippen LogP contribution in [-0.4, -0.2) is 45.5 Å². The number of rotatable bonds is 5. The Kier molecular flexibility index (Phi) is 5.26. The molecule has 3 rings (SSSR count). The minimum atomic E-state index is -4.66. The van der Waals surface area contributed by atoms with Crippen LogP contribution in [0.2, 0.25) is 0 Å². The van der Waals surface area contributed by atoms with Crippen molar-refractivity contribution < 1.29 is 22.8 Å². The number of anilines is 1. The minimum absolute atomic E-state index is 0.0303. The third kappa shape index (κ3) is 4.62. The van der Waals surface area contributed by atoms with Crippen molar-refractivity contribution >= 4 is 29.3 Å². The highest BCUT2D eigenvalue weighted by atomic mass is 31.2. The van der Waals surface area contributed by atoms with Crippen molar-refractivity contribution in [1.29, 1.82) is 0 Å². The highest BCUT2D eigenvalue weighted by Gasteiger charge is 2.36. The van der Waals surface area contributed by atoms with Crippen LogP contribution >= 0.6 is 7.14 Å². The number of hydrogen-bond donors (Lipinski definition) is 3. The van der Waals surface area contributed by atoms with Gasteiger partial charge in [-0.3, -0.25) is 0 Å². The molecule has 0 aliphatic carbocycles. The summed E-state index contributed by atoms with van der Waals surface area (Å²) in [5, 5.41) is 13.6. The predicted molar refractivity (Wildman–Crippen MR) is 108 cm³/mol. The van der Waals surface area contributed by atoms with Crippen LogP contribution in [0.4, 0.5) is 19.1 Å². The second kappa shape index (κ2) is 7.15. The van der Waals surface area contributed by atoms with Crippen molar-refractivity contribution in [3.63, 3.8) is 0 Å². The number of H-pyrrole nitrogens is 1. The van der Waals surface area contributed by atoms with E-state index in [1.54, 1.807) is 45.4 Å². The van der Waals surface area contributed by atoms with Crippen molar-refractivity contribution in [3.8, 4) is 11.3 Å². The first-order valence-corrected chi connectivity index (χ1v) is 11.4. The van der Waals surface area contributed by atoms with E-state index in [0.717, 1.165) is 6.20 Å². The van der Waals surface area contributed by atoms with Crippen LogP contribution in [0.5, 0.6) is 0 Å². The van der Waals surface area contributed by atoms with E-state index in [4.69, 9.17) is 0 Å². The van der Waals surface area contributed by atoms with E-state index in [1.165, 1.54) is 6.20 Å².